The van der Waals surface area contributed by atoms with Gasteiger partial charge in [-0.3, -0.25) is 0 Å². The average Bonchev–Trinajstić information content (AvgIpc) is 3.82. The second kappa shape index (κ2) is 10.6. The smallest absolute Gasteiger partial charge is 0.0713 e. The highest BCUT2D eigenvalue weighted by Gasteiger charge is 2.46. The third kappa shape index (κ3) is 4.21. The molecule has 2 bridgehead atoms. The fourth-order valence-electron chi connectivity index (χ4n) is 9.09. The van der Waals surface area contributed by atoms with Gasteiger partial charge in [-0.05, 0) is 99.7 Å². The molecular formula is C44H37N. The molecule has 2 fully saturated rings. The van der Waals surface area contributed by atoms with Gasteiger partial charge in [-0.2, -0.15) is 0 Å². The van der Waals surface area contributed by atoms with Gasteiger partial charge in [0.15, 0.2) is 0 Å². The van der Waals surface area contributed by atoms with Gasteiger partial charge in [0.1, 0.15) is 0 Å². The maximum absolute atomic E-state index is 3.83. The van der Waals surface area contributed by atoms with Gasteiger partial charge < -0.3 is 5.32 Å². The fraction of sp³-hybridized carbons (Fsp3) is 0.182. The third-order valence-corrected chi connectivity index (χ3v) is 11.1. The summed E-state index contributed by atoms with van der Waals surface area (Å²) in [6, 6.07) is 56.2. The highest BCUT2D eigenvalue weighted by Crippen LogP contribution is 2.57. The van der Waals surface area contributed by atoms with Crippen LogP contribution in [0.25, 0.3) is 22.3 Å². The van der Waals surface area contributed by atoms with Crippen molar-refractivity contribution in [2.45, 2.75) is 37.0 Å². The molecule has 218 valence electrons. The molecule has 2 saturated carbocycles. The molecule has 3 unspecified atom stereocenters. The Labute approximate surface area is 266 Å². The van der Waals surface area contributed by atoms with Crippen LogP contribution in [0.1, 0.15) is 59.4 Å². The van der Waals surface area contributed by atoms with Gasteiger partial charge in [-0.15, -0.1) is 0 Å². The molecule has 1 nitrogen and oxygen atoms in total. The number of para-hydroxylation sites is 1. The van der Waals surface area contributed by atoms with Crippen LogP contribution >= 0.6 is 0 Å². The molecule has 1 N–H and O–H groups in total. The monoisotopic (exact) mass is 579 g/mol. The predicted molar refractivity (Wildman–Crippen MR) is 187 cm³/mol. The topological polar surface area (TPSA) is 12.0 Å². The van der Waals surface area contributed by atoms with E-state index in [4.69, 9.17) is 0 Å². The van der Waals surface area contributed by atoms with Gasteiger partial charge >= 0.3 is 0 Å². The van der Waals surface area contributed by atoms with E-state index in [0.29, 0.717) is 0 Å². The molecule has 1 heteroatoms. The number of hydrogen-bond donors (Lipinski definition) is 1. The number of benzene rings is 6. The van der Waals surface area contributed by atoms with Crippen molar-refractivity contribution in [2.24, 2.45) is 11.8 Å². The minimum atomic E-state index is -0.370. The first-order valence-electron chi connectivity index (χ1n) is 16.6. The van der Waals surface area contributed by atoms with E-state index in [1.54, 1.807) is 0 Å². The van der Waals surface area contributed by atoms with E-state index >= 15 is 0 Å². The van der Waals surface area contributed by atoms with Crippen molar-refractivity contribution < 1.29 is 0 Å². The zero-order valence-corrected chi connectivity index (χ0v) is 25.5. The minimum absolute atomic E-state index is 0.370. The first kappa shape index (κ1) is 26.5. The Bertz CT molecular complexity index is 1950. The van der Waals surface area contributed by atoms with Crippen LogP contribution in [-0.4, -0.2) is 0 Å². The van der Waals surface area contributed by atoms with Crippen LogP contribution in [0.15, 0.2) is 152 Å². The first-order chi connectivity index (χ1) is 22.3. The van der Waals surface area contributed by atoms with Gasteiger partial charge in [0.05, 0.1) is 5.41 Å². The highest BCUT2D eigenvalue weighted by molar-refractivity contribution is 5.89. The van der Waals surface area contributed by atoms with Crippen molar-refractivity contribution in [3.63, 3.8) is 0 Å². The van der Waals surface area contributed by atoms with E-state index in [1.807, 2.05) is 0 Å². The summed E-state index contributed by atoms with van der Waals surface area (Å²) in [7, 11) is 0. The summed E-state index contributed by atoms with van der Waals surface area (Å²) in [5, 5.41) is 3.83. The number of fused-ring (bicyclic) bond motifs is 5. The second-order valence-corrected chi connectivity index (χ2v) is 13.4. The number of nitrogens with one attached hydrogen (secondary N) is 1. The van der Waals surface area contributed by atoms with Crippen molar-refractivity contribution >= 4 is 11.4 Å². The molecule has 6 aromatic carbocycles. The van der Waals surface area contributed by atoms with E-state index in [0.717, 1.165) is 29.1 Å². The Morgan fingerprint density at radius 1 is 0.511 bits per heavy atom. The fourth-order valence-corrected chi connectivity index (χ4v) is 9.09. The maximum Gasteiger partial charge on any atom is 0.0713 e. The lowest BCUT2D eigenvalue weighted by atomic mass is 9.68. The lowest BCUT2D eigenvalue weighted by Gasteiger charge is -2.33. The zero-order chi connectivity index (χ0) is 29.8. The molecule has 0 aromatic heterocycles. The molecule has 0 amide bonds. The normalized spacial score (nSPS) is 20.5. The van der Waals surface area contributed by atoms with Gasteiger partial charge in [-0.1, -0.05) is 140 Å². The average molecular weight is 580 g/mol. The lowest BCUT2D eigenvalue weighted by molar-refractivity contribution is 0.420. The molecule has 3 atom stereocenters. The quantitative estimate of drug-likeness (QED) is 0.207. The van der Waals surface area contributed by atoms with E-state index in [-0.39, 0.29) is 5.41 Å². The maximum atomic E-state index is 3.83. The lowest BCUT2D eigenvalue weighted by Crippen LogP contribution is -2.28. The van der Waals surface area contributed by atoms with Crippen LogP contribution in [0, 0.1) is 11.8 Å². The Hall–Kier alpha value is -4.88. The van der Waals surface area contributed by atoms with Crippen LogP contribution in [0.4, 0.5) is 11.4 Å². The van der Waals surface area contributed by atoms with Crippen LogP contribution < -0.4 is 5.32 Å². The molecule has 0 heterocycles. The van der Waals surface area contributed by atoms with Crippen LogP contribution in [0.5, 0.6) is 0 Å². The molecule has 9 rings (SSSR count). The van der Waals surface area contributed by atoms with Crippen molar-refractivity contribution in [3.05, 3.63) is 179 Å². The SMILES string of the molecule is c1ccc(C2(c3ccccc3)c3ccccc3-c3cc(Nc4ccccc4-c4ccc(C5CC6CCC5C6)cc4)ccc32)cc1. The first-order valence-corrected chi connectivity index (χ1v) is 16.6. The molecule has 0 spiro atoms. The summed E-state index contributed by atoms with van der Waals surface area (Å²) >= 11 is 0. The van der Waals surface area contributed by atoms with Gasteiger partial charge in [-0.25, -0.2) is 0 Å². The van der Waals surface area contributed by atoms with Crippen molar-refractivity contribution in [1.29, 1.82) is 0 Å². The van der Waals surface area contributed by atoms with E-state index in [9.17, 15) is 0 Å². The van der Waals surface area contributed by atoms with Crippen LogP contribution in [0.3, 0.4) is 0 Å². The summed E-state index contributed by atoms with van der Waals surface area (Å²) in [6.07, 6.45) is 5.71. The molecule has 45 heavy (non-hydrogen) atoms. The van der Waals surface area contributed by atoms with Crippen LogP contribution in [-0.2, 0) is 5.41 Å². The third-order valence-electron chi connectivity index (χ3n) is 11.1. The number of rotatable bonds is 6. The molecule has 3 aliphatic carbocycles. The Kier molecular flexibility index (Phi) is 6.27. The predicted octanol–water partition coefficient (Wildman–Crippen LogP) is 11.4. The van der Waals surface area contributed by atoms with Crippen molar-refractivity contribution in [1.82, 2.24) is 0 Å². The van der Waals surface area contributed by atoms with Gasteiger partial charge in [0, 0.05) is 16.9 Å². The van der Waals surface area contributed by atoms with E-state index in [2.05, 4.69) is 157 Å². The number of hydrogen-bond acceptors (Lipinski definition) is 1. The van der Waals surface area contributed by atoms with E-state index in [1.165, 1.54) is 75.8 Å². The standard InChI is InChI=1S/C44H37N/c1-3-11-34(12-4-1)44(35-13-5-2-6-14-35)41-17-9-7-16-38(41)40-29-36(25-26-42(40)44)45-43-18-10-8-15-37(43)31-21-23-32(24-22-31)39-28-30-19-20-33(39)27-30/h1-18,21-26,29-30,33,39,45H,19-20,27-28H2. The molecular weight excluding hydrogens is 542 g/mol. The zero-order valence-electron chi connectivity index (χ0n) is 25.5. The molecule has 6 aromatic rings. The Balaban J connectivity index is 1.11. The number of anilines is 2. The van der Waals surface area contributed by atoms with Crippen LogP contribution in [0.2, 0.25) is 0 Å². The molecule has 0 aliphatic heterocycles. The summed E-state index contributed by atoms with van der Waals surface area (Å²) in [4.78, 5) is 0. The summed E-state index contributed by atoms with van der Waals surface area (Å²) in [5.41, 5.74) is 13.8. The van der Waals surface area contributed by atoms with Gasteiger partial charge in [0.2, 0.25) is 0 Å². The summed E-state index contributed by atoms with van der Waals surface area (Å²) in [5.74, 6) is 2.64. The summed E-state index contributed by atoms with van der Waals surface area (Å²) in [6.45, 7) is 0. The van der Waals surface area contributed by atoms with E-state index < -0.39 is 0 Å². The molecule has 0 radical (unpaired) electrons. The minimum Gasteiger partial charge on any atom is -0.355 e. The molecule has 0 saturated heterocycles. The Morgan fingerprint density at radius 3 is 1.84 bits per heavy atom. The van der Waals surface area contributed by atoms with Crippen molar-refractivity contribution in [2.75, 3.05) is 5.32 Å². The second-order valence-electron chi connectivity index (χ2n) is 13.4. The van der Waals surface area contributed by atoms with Crippen molar-refractivity contribution in [3.8, 4) is 22.3 Å². The molecule has 3 aliphatic rings. The summed E-state index contributed by atoms with van der Waals surface area (Å²) < 4.78 is 0. The van der Waals surface area contributed by atoms with Gasteiger partial charge in [0.25, 0.3) is 0 Å². The Morgan fingerprint density at radius 2 is 1.16 bits per heavy atom. The largest absolute Gasteiger partial charge is 0.355 e. The highest BCUT2D eigenvalue weighted by atomic mass is 14.9.